The first-order valence-electron chi connectivity index (χ1n) is 6.31. The Balaban J connectivity index is 2.20. The van der Waals surface area contributed by atoms with Crippen LogP contribution in [0.5, 0.6) is 0 Å². The molecule has 2 rings (SSSR count). The number of nitrogens with zero attached hydrogens (tertiary/aromatic N) is 1. The van der Waals surface area contributed by atoms with Crippen molar-refractivity contribution in [3.63, 3.8) is 0 Å². The Labute approximate surface area is 126 Å². The molecule has 0 saturated carbocycles. The van der Waals surface area contributed by atoms with E-state index < -0.39 is 10.7 Å². The van der Waals surface area contributed by atoms with E-state index >= 15 is 0 Å². The monoisotopic (exact) mass is 308 g/mol. The number of halogens is 2. The number of rotatable bonds is 4. The molecule has 0 unspecified atom stereocenters. The molecule has 110 valence electrons. The van der Waals surface area contributed by atoms with E-state index in [-0.39, 0.29) is 5.69 Å². The molecule has 1 N–H and O–H groups in total. The number of nitrogens with one attached hydrogen (secondary N) is 1. The number of nitro groups is 1. The average molecular weight is 309 g/mol. The Hall–Kier alpha value is -2.14. The van der Waals surface area contributed by atoms with Crippen LogP contribution in [0.25, 0.3) is 0 Å². The largest absolute Gasteiger partial charge is 0.381 e. The Bertz CT molecular complexity index is 684. The maximum absolute atomic E-state index is 13.3. The summed E-state index contributed by atoms with van der Waals surface area (Å²) in [5.74, 6) is -0.393. The molecule has 0 amide bonds. The van der Waals surface area contributed by atoms with Gasteiger partial charge in [0.05, 0.1) is 4.92 Å². The smallest absolute Gasteiger partial charge is 0.272 e. The lowest BCUT2D eigenvalue weighted by atomic mass is 10.1. The minimum Gasteiger partial charge on any atom is -0.381 e. The summed E-state index contributed by atoms with van der Waals surface area (Å²) in [5, 5.41) is 14.3. The van der Waals surface area contributed by atoms with Crippen LogP contribution >= 0.6 is 11.6 Å². The molecule has 6 heteroatoms. The minimum atomic E-state index is -0.404. The molecule has 0 aliphatic carbocycles. The molecule has 0 aliphatic rings. The van der Waals surface area contributed by atoms with Gasteiger partial charge in [-0.3, -0.25) is 10.1 Å². The highest BCUT2D eigenvalue weighted by Crippen LogP contribution is 2.26. The van der Waals surface area contributed by atoms with Gasteiger partial charge in [-0.05, 0) is 49.2 Å². The second-order valence-corrected chi connectivity index (χ2v) is 5.28. The Morgan fingerprint density at radius 2 is 1.90 bits per heavy atom. The first kappa shape index (κ1) is 15.3. The van der Waals surface area contributed by atoms with Crippen LogP contribution in [-0.2, 0) is 6.54 Å². The summed E-state index contributed by atoms with van der Waals surface area (Å²) in [5.41, 5.74) is 2.90. The fraction of sp³-hybridized carbons (Fsp3) is 0.200. The number of hydrogen-bond donors (Lipinski definition) is 1. The molecular formula is C15H14ClFN2O2. The second kappa shape index (κ2) is 6.10. The predicted molar refractivity (Wildman–Crippen MR) is 81.3 cm³/mol. The highest BCUT2D eigenvalue weighted by molar-refractivity contribution is 6.30. The molecule has 2 aromatic rings. The van der Waals surface area contributed by atoms with Crippen molar-refractivity contribution in [1.82, 2.24) is 0 Å². The molecule has 0 bridgehead atoms. The Morgan fingerprint density at radius 1 is 1.19 bits per heavy atom. The molecule has 0 aromatic heterocycles. The zero-order valence-corrected chi connectivity index (χ0v) is 12.4. The third-order valence-corrected chi connectivity index (χ3v) is 3.36. The van der Waals surface area contributed by atoms with Gasteiger partial charge in [0.15, 0.2) is 0 Å². The highest BCUT2D eigenvalue weighted by Gasteiger charge is 2.13. The quantitative estimate of drug-likeness (QED) is 0.662. The first-order valence-corrected chi connectivity index (χ1v) is 6.69. The van der Waals surface area contributed by atoms with Crippen LogP contribution in [0.2, 0.25) is 5.02 Å². The van der Waals surface area contributed by atoms with E-state index in [1.165, 1.54) is 18.2 Å². The van der Waals surface area contributed by atoms with Crippen molar-refractivity contribution in [2.24, 2.45) is 0 Å². The Morgan fingerprint density at radius 3 is 2.52 bits per heavy atom. The van der Waals surface area contributed by atoms with Gasteiger partial charge in [0.1, 0.15) is 5.82 Å². The molecule has 0 saturated heterocycles. The van der Waals surface area contributed by atoms with Crippen LogP contribution in [0, 0.1) is 29.8 Å². The van der Waals surface area contributed by atoms with E-state index in [1.807, 2.05) is 0 Å². The standard InChI is InChI=1S/C15H14ClFN2O2/c1-9-4-15(19(20)21)10(2)3-14(9)18-8-11-5-12(16)7-13(17)6-11/h3-7,18H,8H2,1-2H3. The third-order valence-electron chi connectivity index (χ3n) is 3.14. The summed E-state index contributed by atoms with van der Waals surface area (Å²) in [4.78, 5) is 10.5. The van der Waals surface area contributed by atoms with E-state index in [2.05, 4.69) is 5.32 Å². The number of aryl methyl sites for hydroxylation is 2. The summed E-state index contributed by atoms with van der Waals surface area (Å²) in [6.45, 7) is 3.85. The van der Waals surface area contributed by atoms with E-state index in [9.17, 15) is 14.5 Å². The summed E-state index contributed by atoms with van der Waals surface area (Å²) < 4.78 is 13.3. The SMILES string of the molecule is Cc1cc([N+](=O)[O-])c(C)cc1NCc1cc(F)cc(Cl)c1. The van der Waals surface area contributed by atoms with Crippen LogP contribution in [0.1, 0.15) is 16.7 Å². The molecule has 0 spiro atoms. The fourth-order valence-corrected chi connectivity index (χ4v) is 2.34. The molecule has 4 nitrogen and oxygen atoms in total. The second-order valence-electron chi connectivity index (χ2n) is 4.84. The van der Waals surface area contributed by atoms with Gasteiger partial charge in [-0.15, -0.1) is 0 Å². The van der Waals surface area contributed by atoms with Gasteiger partial charge in [0.25, 0.3) is 5.69 Å². The average Bonchev–Trinajstić information content (AvgIpc) is 2.38. The number of benzene rings is 2. The summed E-state index contributed by atoms with van der Waals surface area (Å²) in [6.07, 6.45) is 0. The minimum absolute atomic E-state index is 0.0897. The van der Waals surface area contributed by atoms with Crippen molar-refractivity contribution < 1.29 is 9.31 Å². The van der Waals surface area contributed by atoms with Gasteiger partial charge in [0.2, 0.25) is 0 Å². The van der Waals surface area contributed by atoms with Crippen molar-refractivity contribution in [2.45, 2.75) is 20.4 Å². The third kappa shape index (κ3) is 3.70. The van der Waals surface area contributed by atoms with Gasteiger partial charge in [0, 0.05) is 28.9 Å². The molecule has 0 fully saturated rings. The molecule has 0 aliphatic heterocycles. The number of nitro benzene ring substituents is 1. The predicted octanol–water partition coefficient (Wildman–Crippen LogP) is 4.62. The summed E-state index contributed by atoms with van der Waals surface area (Å²) >= 11 is 5.80. The normalized spacial score (nSPS) is 10.5. The summed E-state index contributed by atoms with van der Waals surface area (Å²) in [7, 11) is 0. The molecule has 2 aromatic carbocycles. The van der Waals surface area contributed by atoms with Crippen LogP contribution in [0.3, 0.4) is 0 Å². The molecule has 0 heterocycles. The lowest BCUT2D eigenvalue weighted by Gasteiger charge is -2.11. The first-order chi connectivity index (χ1) is 9.86. The molecule has 21 heavy (non-hydrogen) atoms. The lowest BCUT2D eigenvalue weighted by Crippen LogP contribution is -2.03. The fourth-order valence-electron chi connectivity index (χ4n) is 2.10. The van der Waals surface area contributed by atoms with Crippen LogP contribution < -0.4 is 5.32 Å². The maximum atomic E-state index is 13.3. The number of hydrogen-bond acceptors (Lipinski definition) is 3. The van der Waals surface area contributed by atoms with Crippen LogP contribution in [0.4, 0.5) is 15.8 Å². The molecular weight excluding hydrogens is 295 g/mol. The summed E-state index contributed by atoms with van der Waals surface area (Å²) in [6, 6.07) is 7.55. The van der Waals surface area contributed by atoms with E-state index in [0.29, 0.717) is 22.7 Å². The van der Waals surface area contributed by atoms with Gasteiger partial charge in [-0.1, -0.05) is 11.6 Å². The Kier molecular flexibility index (Phi) is 4.43. The van der Waals surface area contributed by atoms with Gasteiger partial charge >= 0.3 is 0 Å². The van der Waals surface area contributed by atoms with Crippen molar-refractivity contribution in [3.05, 3.63) is 68.0 Å². The van der Waals surface area contributed by atoms with E-state index in [4.69, 9.17) is 11.6 Å². The van der Waals surface area contributed by atoms with Crippen molar-refractivity contribution in [1.29, 1.82) is 0 Å². The number of anilines is 1. The van der Waals surface area contributed by atoms with Crippen molar-refractivity contribution >= 4 is 23.0 Å². The topological polar surface area (TPSA) is 55.2 Å². The van der Waals surface area contributed by atoms with Crippen molar-refractivity contribution in [2.75, 3.05) is 5.32 Å². The van der Waals surface area contributed by atoms with E-state index in [0.717, 1.165) is 11.3 Å². The van der Waals surface area contributed by atoms with Crippen LogP contribution in [-0.4, -0.2) is 4.92 Å². The zero-order valence-electron chi connectivity index (χ0n) is 11.6. The van der Waals surface area contributed by atoms with Crippen molar-refractivity contribution in [3.8, 4) is 0 Å². The highest BCUT2D eigenvalue weighted by atomic mass is 35.5. The van der Waals surface area contributed by atoms with Crippen LogP contribution in [0.15, 0.2) is 30.3 Å². The van der Waals surface area contributed by atoms with E-state index in [1.54, 1.807) is 26.0 Å². The van der Waals surface area contributed by atoms with Gasteiger partial charge in [-0.2, -0.15) is 0 Å². The zero-order chi connectivity index (χ0) is 15.6. The van der Waals surface area contributed by atoms with Gasteiger partial charge < -0.3 is 5.32 Å². The molecule has 0 radical (unpaired) electrons. The molecule has 0 atom stereocenters. The van der Waals surface area contributed by atoms with Gasteiger partial charge in [-0.25, -0.2) is 4.39 Å². The lowest BCUT2D eigenvalue weighted by molar-refractivity contribution is -0.385. The maximum Gasteiger partial charge on any atom is 0.272 e.